The first-order chi connectivity index (χ1) is 16.2. The van der Waals surface area contributed by atoms with Crippen molar-refractivity contribution >= 4 is 34.6 Å². The Hall–Kier alpha value is -4.00. The number of benzene rings is 1. The Morgan fingerprint density at radius 1 is 1.32 bits per heavy atom. The molecule has 4 rings (SSSR count). The van der Waals surface area contributed by atoms with Crippen molar-refractivity contribution in [2.45, 2.75) is 19.9 Å². The normalized spacial score (nSPS) is 13.5. The van der Waals surface area contributed by atoms with Gasteiger partial charge in [-0.25, -0.2) is 13.5 Å². The van der Waals surface area contributed by atoms with Gasteiger partial charge < -0.3 is 14.6 Å². The Morgan fingerprint density at radius 2 is 2.06 bits per heavy atom. The van der Waals surface area contributed by atoms with Crippen LogP contribution in [0.1, 0.15) is 35.2 Å². The standard InChI is InChI=1S/C21H18F2N6O4S/c1-12(34)24-10-14-11-28(26-25-14)15-8-16(22)20(17(23)9-15)13-4-6-27(7-5-13)21(30)18-2-3-19(33-18)29(31)32/h2-4,8-9,11H,5-7,10H2,1H3,(H,24,34). The van der Waals surface area contributed by atoms with Gasteiger partial charge in [-0.15, -0.1) is 5.10 Å². The zero-order valence-electron chi connectivity index (χ0n) is 17.8. The molecule has 10 nitrogen and oxygen atoms in total. The predicted molar refractivity (Wildman–Crippen MR) is 120 cm³/mol. The summed E-state index contributed by atoms with van der Waals surface area (Å²) in [7, 11) is 0. The fraction of sp³-hybridized carbons (Fsp3) is 0.238. The largest absolute Gasteiger partial charge is 0.433 e. The topological polar surface area (TPSA) is 119 Å². The number of halogens is 2. The number of aromatic nitrogens is 3. The highest BCUT2D eigenvalue weighted by Crippen LogP contribution is 2.30. The molecule has 1 aliphatic rings. The van der Waals surface area contributed by atoms with Crippen LogP contribution in [0.25, 0.3) is 11.3 Å². The molecule has 1 aliphatic heterocycles. The van der Waals surface area contributed by atoms with E-state index in [9.17, 15) is 23.7 Å². The Bertz CT molecular complexity index is 1300. The number of nitrogens with zero attached hydrogens (tertiary/aromatic N) is 5. The van der Waals surface area contributed by atoms with Crippen LogP contribution in [0.15, 0.2) is 41.0 Å². The number of amides is 1. The predicted octanol–water partition coefficient (Wildman–Crippen LogP) is 3.41. The first kappa shape index (κ1) is 23.2. The summed E-state index contributed by atoms with van der Waals surface area (Å²) in [5, 5.41) is 21.5. The van der Waals surface area contributed by atoms with Crippen LogP contribution >= 0.6 is 12.2 Å². The number of thiocarbonyl (C=S) groups is 1. The summed E-state index contributed by atoms with van der Waals surface area (Å²) in [4.78, 5) is 24.5. The molecule has 0 saturated carbocycles. The molecule has 0 radical (unpaired) electrons. The summed E-state index contributed by atoms with van der Waals surface area (Å²) < 4.78 is 36.0. The summed E-state index contributed by atoms with van der Waals surface area (Å²) >= 11 is 4.94. The highest BCUT2D eigenvalue weighted by atomic mass is 32.1. The Kier molecular flexibility index (Phi) is 6.45. The van der Waals surface area contributed by atoms with Gasteiger partial charge in [-0.1, -0.05) is 23.5 Å². The Morgan fingerprint density at radius 3 is 2.65 bits per heavy atom. The minimum Gasteiger partial charge on any atom is -0.395 e. The number of carbonyl (C=O) groups excluding carboxylic acids is 1. The molecule has 2 aromatic heterocycles. The Balaban J connectivity index is 1.49. The van der Waals surface area contributed by atoms with Crippen molar-refractivity contribution in [2.75, 3.05) is 13.1 Å². The highest BCUT2D eigenvalue weighted by Gasteiger charge is 2.26. The van der Waals surface area contributed by atoms with E-state index < -0.39 is 28.3 Å². The molecule has 176 valence electrons. The third-order valence-electron chi connectivity index (χ3n) is 5.15. The molecule has 3 heterocycles. The van der Waals surface area contributed by atoms with Gasteiger partial charge in [-0.3, -0.25) is 14.9 Å². The lowest BCUT2D eigenvalue weighted by atomic mass is 9.97. The molecular weight excluding hydrogens is 470 g/mol. The van der Waals surface area contributed by atoms with Crippen LogP contribution in [0.3, 0.4) is 0 Å². The van der Waals surface area contributed by atoms with E-state index in [2.05, 4.69) is 15.6 Å². The fourth-order valence-electron chi connectivity index (χ4n) is 3.50. The summed E-state index contributed by atoms with van der Waals surface area (Å²) in [6, 6.07) is 4.64. The van der Waals surface area contributed by atoms with Crippen LogP contribution in [0.2, 0.25) is 0 Å². The van der Waals surface area contributed by atoms with Crippen molar-refractivity contribution < 1.29 is 22.9 Å². The number of nitrogens with one attached hydrogen (secondary N) is 1. The van der Waals surface area contributed by atoms with Gasteiger partial charge in [0.1, 0.15) is 22.3 Å². The molecule has 34 heavy (non-hydrogen) atoms. The highest BCUT2D eigenvalue weighted by molar-refractivity contribution is 7.80. The maximum atomic E-state index is 14.9. The van der Waals surface area contributed by atoms with Gasteiger partial charge in [0.05, 0.1) is 29.5 Å². The molecule has 1 aromatic carbocycles. The number of hydrogen-bond donors (Lipinski definition) is 1. The number of rotatable bonds is 6. The van der Waals surface area contributed by atoms with Gasteiger partial charge in [0.25, 0.3) is 5.91 Å². The second-order valence-electron chi connectivity index (χ2n) is 7.47. The first-order valence-electron chi connectivity index (χ1n) is 10.1. The van der Waals surface area contributed by atoms with E-state index in [1.807, 2.05) is 0 Å². The molecular formula is C21H18F2N6O4S. The molecule has 13 heteroatoms. The van der Waals surface area contributed by atoms with Gasteiger partial charge in [0.15, 0.2) is 5.76 Å². The van der Waals surface area contributed by atoms with Gasteiger partial charge in [-0.2, -0.15) is 0 Å². The summed E-state index contributed by atoms with van der Waals surface area (Å²) in [5.41, 5.74) is 0.957. The maximum Gasteiger partial charge on any atom is 0.433 e. The molecule has 1 amide bonds. The molecule has 0 spiro atoms. The summed E-state index contributed by atoms with van der Waals surface area (Å²) in [6.45, 7) is 2.30. The average Bonchev–Trinajstić information content (AvgIpc) is 3.47. The van der Waals surface area contributed by atoms with E-state index in [0.29, 0.717) is 22.8 Å². The minimum atomic E-state index is -0.771. The van der Waals surface area contributed by atoms with E-state index in [4.69, 9.17) is 16.6 Å². The summed E-state index contributed by atoms with van der Waals surface area (Å²) in [5.74, 6) is -2.79. The molecule has 3 aromatic rings. The zero-order valence-corrected chi connectivity index (χ0v) is 18.6. The number of hydrogen-bond acceptors (Lipinski definition) is 7. The van der Waals surface area contributed by atoms with Gasteiger partial charge in [0.2, 0.25) is 0 Å². The van der Waals surface area contributed by atoms with Crippen molar-refractivity contribution in [3.63, 3.8) is 0 Å². The van der Waals surface area contributed by atoms with Crippen molar-refractivity contribution in [1.82, 2.24) is 25.2 Å². The first-order valence-corrected chi connectivity index (χ1v) is 10.5. The van der Waals surface area contributed by atoms with E-state index in [-0.39, 0.29) is 36.5 Å². The third-order valence-corrected chi connectivity index (χ3v) is 5.30. The van der Waals surface area contributed by atoms with Gasteiger partial charge >= 0.3 is 5.88 Å². The van der Waals surface area contributed by atoms with Gasteiger partial charge in [-0.05, 0) is 25.0 Å². The summed E-state index contributed by atoms with van der Waals surface area (Å²) in [6.07, 6.45) is 3.28. The molecule has 0 aliphatic carbocycles. The van der Waals surface area contributed by atoms with Crippen molar-refractivity contribution in [1.29, 1.82) is 0 Å². The molecule has 0 saturated heterocycles. The fourth-order valence-corrected chi connectivity index (χ4v) is 3.57. The maximum absolute atomic E-state index is 14.9. The second-order valence-corrected chi connectivity index (χ2v) is 8.09. The SMILES string of the molecule is CC(=S)NCc1cn(-c2cc(F)c(C3=CCN(C(=O)c4ccc([N+](=O)[O-])o4)CC3)c(F)c2)nn1. The lowest BCUT2D eigenvalue weighted by molar-refractivity contribution is -0.402. The van der Waals surface area contributed by atoms with Crippen LogP contribution in [0, 0.1) is 21.7 Å². The van der Waals surface area contributed by atoms with E-state index in [0.717, 1.165) is 18.2 Å². The molecule has 0 unspecified atom stereocenters. The molecule has 0 atom stereocenters. The van der Waals surface area contributed by atoms with Crippen LogP contribution in [0.5, 0.6) is 0 Å². The monoisotopic (exact) mass is 488 g/mol. The number of carbonyl (C=O) groups is 1. The van der Waals surface area contributed by atoms with Crippen LogP contribution in [-0.4, -0.2) is 48.8 Å². The van der Waals surface area contributed by atoms with E-state index in [1.165, 1.54) is 15.6 Å². The van der Waals surface area contributed by atoms with Crippen molar-refractivity contribution in [2.24, 2.45) is 0 Å². The van der Waals surface area contributed by atoms with Crippen molar-refractivity contribution in [3.8, 4) is 5.69 Å². The van der Waals surface area contributed by atoms with Crippen LogP contribution < -0.4 is 5.32 Å². The van der Waals surface area contributed by atoms with Gasteiger partial charge in [0, 0.05) is 30.8 Å². The number of furan rings is 1. The third kappa shape index (κ3) is 4.83. The smallest absolute Gasteiger partial charge is 0.395 e. The number of nitro groups is 1. The lowest BCUT2D eigenvalue weighted by Gasteiger charge is -2.26. The molecule has 0 bridgehead atoms. The minimum absolute atomic E-state index is 0.0715. The van der Waals surface area contributed by atoms with E-state index >= 15 is 0 Å². The Labute approximate surface area is 197 Å². The average molecular weight is 488 g/mol. The van der Waals surface area contributed by atoms with E-state index in [1.54, 1.807) is 19.2 Å². The van der Waals surface area contributed by atoms with Crippen LogP contribution in [-0.2, 0) is 6.54 Å². The lowest BCUT2D eigenvalue weighted by Crippen LogP contribution is -2.34. The van der Waals surface area contributed by atoms with Crippen molar-refractivity contribution in [3.05, 3.63) is 75.3 Å². The molecule has 0 fully saturated rings. The molecule has 1 N–H and O–H groups in total. The second kappa shape index (κ2) is 9.47. The quantitative estimate of drug-likeness (QED) is 0.319. The zero-order chi connectivity index (χ0) is 24.4. The van der Waals surface area contributed by atoms with Crippen LogP contribution in [0.4, 0.5) is 14.7 Å².